The van der Waals surface area contributed by atoms with E-state index in [1.165, 1.54) is 0 Å². The van der Waals surface area contributed by atoms with Crippen molar-refractivity contribution < 1.29 is 31.0 Å². The molecule has 0 unspecified atom stereocenters. The van der Waals surface area contributed by atoms with Gasteiger partial charge in [-0.1, -0.05) is 0 Å². The van der Waals surface area contributed by atoms with Crippen LogP contribution < -0.4 is 5.73 Å². The highest BCUT2D eigenvalue weighted by Gasteiger charge is 2.30. The van der Waals surface area contributed by atoms with Crippen LogP contribution in [-0.4, -0.2) is 57.7 Å². The number of quaternary nitrogens is 1. The third-order valence-corrected chi connectivity index (χ3v) is 1.53. The van der Waals surface area contributed by atoms with E-state index in [0.717, 1.165) is 0 Å². The highest BCUT2D eigenvalue weighted by molar-refractivity contribution is 5.56. The molecule has 0 aromatic heterocycles. The van der Waals surface area contributed by atoms with Gasteiger partial charge in [-0.05, 0) is 0 Å². The van der Waals surface area contributed by atoms with E-state index in [1.54, 1.807) is 0 Å². The molecule has 0 bridgehead atoms. The molecular weight excluding hydrogens is 166 g/mol. The second-order valence-corrected chi connectivity index (χ2v) is 2.46. The number of hydrogen-bond donors (Lipinski definition) is 5. The Bertz CT molecular complexity index is 142. The Morgan fingerprint density at radius 1 is 1.17 bits per heavy atom. The minimum absolute atomic E-state index is 0.0101. The minimum atomic E-state index is -1.68. The number of carbonyl (C=O) groups excluding carboxylic acids is 1. The standard InChI is InChI=1S/C6H13NO5/c7-1-3(9)5(11)6(12)4(10)2-8/h2-6,9-12H,1,7H2/p+1/t3-,4+,5-,6-/m1/s1. The summed E-state index contributed by atoms with van der Waals surface area (Å²) in [6.07, 6.45) is -6.05. The predicted molar refractivity (Wildman–Crippen MR) is 37.8 cm³/mol. The lowest BCUT2D eigenvalue weighted by atomic mass is 10.0. The number of aliphatic hydroxyl groups is 4. The molecule has 6 nitrogen and oxygen atoms in total. The molecule has 12 heavy (non-hydrogen) atoms. The molecule has 0 aliphatic carbocycles. The molecule has 6 heteroatoms. The molecule has 0 fully saturated rings. The van der Waals surface area contributed by atoms with Crippen LogP contribution in [0.1, 0.15) is 0 Å². The van der Waals surface area contributed by atoms with Gasteiger partial charge in [0.2, 0.25) is 0 Å². The van der Waals surface area contributed by atoms with E-state index >= 15 is 0 Å². The summed E-state index contributed by atoms with van der Waals surface area (Å²) in [5, 5.41) is 35.7. The monoisotopic (exact) mass is 180 g/mol. The van der Waals surface area contributed by atoms with E-state index in [4.69, 9.17) is 20.4 Å². The van der Waals surface area contributed by atoms with Crippen LogP contribution in [0.5, 0.6) is 0 Å². The van der Waals surface area contributed by atoms with Gasteiger partial charge in [0.05, 0.1) is 0 Å². The quantitative estimate of drug-likeness (QED) is 0.275. The van der Waals surface area contributed by atoms with E-state index in [9.17, 15) is 4.79 Å². The van der Waals surface area contributed by atoms with Gasteiger partial charge in [0.1, 0.15) is 31.0 Å². The summed E-state index contributed by atoms with van der Waals surface area (Å²) in [5.74, 6) is 0. The Kier molecular flexibility index (Phi) is 4.95. The van der Waals surface area contributed by atoms with Gasteiger partial charge in [-0.25, -0.2) is 0 Å². The average molecular weight is 180 g/mol. The van der Waals surface area contributed by atoms with Crippen molar-refractivity contribution in [2.45, 2.75) is 24.4 Å². The van der Waals surface area contributed by atoms with Crippen molar-refractivity contribution in [2.24, 2.45) is 0 Å². The molecule has 0 aromatic rings. The zero-order valence-electron chi connectivity index (χ0n) is 6.50. The summed E-state index contributed by atoms with van der Waals surface area (Å²) in [7, 11) is 0. The molecule has 0 aromatic carbocycles. The summed E-state index contributed by atoms with van der Waals surface area (Å²) >= 11 is 0. The lowest BCUT2D eigenvalue weighted by molar-refractivity contribution is -0.390. The number of aliphatic hydroxyl groups excluding tert-OH is 4. The van der Waals surface area contributed by atoms with Crippen LogP contribution in [0.4, 0.5) is 0 Å². The zero-order chi connectivity index (χ0) is 9.72. The highest BCUT2D eigenvalue weighted by Crippen LogP contribution is 2.02. The van der Waals surface area contributed by atoms with Crippen molar-refractivity contribution in [3.63, 3.8) is 0 Å². The van der Waals surface area contributed by atoms with E-state index in [2.05, 4.69) is 5.73 Å². The Hall–Kier alpha value is -0.530. The lowest BCUT2D eigenvalue weighted by Gasteiger charge is -2.21. The Labute approximate surface area is 69.2 Å². The fraction of sp³-hybridized carbons (Fsp3) is 0.833. The van der Waals surface area contributed by atoms with Gasteiger partial charge >= 0.3 is 0 Å². The molecule has 0 saturated heterocycles. The van der Waals surface area contributed by atoms with Crippen LogP contribution in [0.15, 0.2) is 0 Å². The molecule has 0 amide bonds. The summed E-state index contributed by atoms with van der Waals surface area (Å²) in [4.78, 5) is 9.94. The number of hydrogen-bond acceptors (Lipinski definition) is 5. The largest absolute Gasteiger partial charge is 0.387 e. The van der Waals surface area contributed by atoms with E-state index in [-0.39, 0.29) is 12.8 Å². The zero-order valence-corrected chi connectivity index (χ0v) is 6.50. The SMILES string of the molecule is [NH3+]C[C@@H](O)[C@@H](O)[C@H](O)[C@@H](O)C=O. The van der Waals surface area contributed by atoms with Crippen LogP contribution in [0.3, 0.4) is 0 Å². The first-order chi connectivity index (χ1) is 5.54. The molecule has 0 rings (SSSR count). The second kappa shape index (κ2) is 5.18. The Morgan fingerprint density at radius 3 is 2.00 bits per heavy atom. The van der Waals surface area contributed by atoms with Crippen LogP contribution in [0.2, 0.25) is 0 Å². The maximum Gasteiger partial charge on any atom is 0.151 e. The molecular formula is C6H14NO5+. The first-order valence-corrected chi connectivity index (χ1v) is 3.51. The number of aldehydes is 1. The van der Waals surface area contributed by atoms with Crippen LogP contribution in [-0.2, 0) is 4.79 Å². The normalized spacial score (nSPS) is 21.1. The Balaban J connectivity index is 4.07. The first-order valence-electron chi connectivity index (χ1n) is 3.51. The lowest BCUT2D eigenvalue weighted by Crippen LogP contribution is -2.61. The van der Waals surface area contributed by atoms with Crippen molar-refractivity contribution in [1.29, 1.82) is 0 Å². The smallest absolute Gasteiger partial charge is 0.151 e. The average Bonchev–Trinajstić information content (AvgIpc) is 2.12. The molecule has 0 spiro atoms. The van der Waals surface area contributed by atoms with Gasteiger partial charge in [0, 0.05) is 0 Å². The van der Waals surface area contributed by atoms with Crippen molar-refractivity contribution in [1.82, 2.24) is 0 Å². The molecule has 0 heterocycles. The maximum atomic E-state index is 9.94. The van der Waals surface area contributed by atoms with Crippen molar-refractivity contribution in [3.05, 3.63) is 0 Å². The molecule has 7 N–H and O–H groups in total. The predicted octanol–water partition coefficient (Wildman–Crippen LogP) is -4.13. The molecule has 0 saturated carbocycles. The van der Waals surface area contributed by atoms with Crippen molar-refractivity contribution >= 4 is 6.29 Å². The van der Waals surface area contributed by atoms with Gasteiger partial charge in [-0.2, -0.15) is 0 Å². The number of carbonyl (C=O) groups is 1. The summed E-state index contributed by atoms with van der Waals surface area (Å²) in [5.41, 5.74) is 3.28. The van der Waals surface area contributed by atoms with Gasteiger partial charge in [0.15, 0.2) is 6.29 Å². The maximum absolute atomic E-state index is 9.94. The summed E-state index contributed by atoms with van der Waals surface area (Å²) < 4.78 is 0. The van der Waals surface area contributed by atoms with Gasteiger partial charge < -0.3 is 31.0 Å². The van der Waals surface area contributed by atoms with Gasteiger partial charge in [0.25, 0.3) is 0 Å². The van der Waals surface area contributed by atoms with E-state index in [0.29, 0.717) is 0 Å². The molecule has 4 atom stereocenters. The number of rotatable bonds is 5. The van der Waals surface area contributed by atoms with Crippen LogP contribution >= 0.6 is 0 Å². The topological polar surface area (TPSA) is 126 Å². The fourth-order valence-corrected chi connectivity index (χ4v) is 0.681. The van der Waals surface area contributed by atoms with E-state index < -0.39 is 24.4 Å². The summed E-state index contributed by atoms with van der Waals surface area (Å²) in [6.45, 7) is -0.0101. The third-order valence-electron chi connectivity index (χ3n) is 1.53. The third kappa shape index (κ3) is 2.84. The van der Waals surface area contributed by atoms with Crippen molar-refractivity contribution in [3.8, 4) is 0 Å². The van der Waals surface area contributed by atoms with Crippen LogP contribution in [0.25, 0.3) is 0 Å². The Morgan fingerprint density at radius 2 is 1.67 bits per heavy atom. The van der Waals surface area contributed by atoms with Crippen molar-refractivity contribution in [2.75, 3.05) is 6.54 Å². The fourth-order valence-electron chi connectivity index (χ4n) is 0.681. The first kappa shape index (κ1) is 11.5. The molecule has 0 radical (unpaired) electrons. The van der Waals surface area contributed by atoms with Gasteiger partial charge in [-0.15, -0.1) is 0 Å². The minimum Gasteiger partial charge on any atom is -0.387 e. The molecule has 0 aliphatic rings. The second-order valence-electron chi connectivity index (χ2n) is 2.46. The van der Waals surface area contributed by atoms with Crippen LogP contribution in [0, 0.1) is 0 Å². The highest BCUT2D eigenvalue weighted by atomic mass is 16.4. The van der Waals surface area contributed by atoms with E-state index in [1.807, 2.05) is 0 Å². The molecule has 0 aliphatic heterocycles. The summed E-state index contributed by atoms with van der Waals surface area (Å²) in [6, 6.07) is 0. The molecule has 72 valence electrons. The van der Waals surface area contributed by atoms with Gasteiger partial charge in [-0.3, -0.25) is 0 Å².